The molecule has 52 heavy (non-hydrogen) atoms. The molecule has 0 atom stereocenters. The summed E-state index contributed by atoms with van der Waals surface area (Å²) in [6, 6.07) is 79.2. The molecule has 0 fully saturated rings. The molecule has 0 heterocycles. The number of benzene rings is 9. The van der Waals surface area contributed by atoms with Crippen LogP contribution in [0.2, 0.25) is 0 Å². The zero-order valence-corrected chi connectivity index (χ0v) is 28.8. The molecule has 246 valence electrons. The summed E-state index contributed by atoms with van der Waals surface area (Å²) in [5.74, 6) is 0.0759. The van der Waals surface area contributed by atoms with Gasteiger partial charge in [-0.2, -0.15) is 0 Å². The summed E-state index contributed by atoms with van der Waals surface area (Å²) in [6.07, 6.45) is 0. The molecule has 1 nitrogen and oxygen atoms in total. The highest BCUT2D eigenvalue weighted by molar-refractivity contribution is 5.86. The minimum Gasteiger partial charge on any atom is -0.311 e. The molecule has 0 spiro atoms. The average molecular weight is 664 g/mol. The molecule has 0 aliphatic heterocycles. The van der Waals surface area contributed by atoms with Crippen LogP contribution in [0.4, 0.5) is 17.1 Å². The van der Waals surface area contributed by atoms with E-state index in [-0.39, 0.29) is 5.92 Å². The third-order valence-corrected chi connectivity index (χ3v) is 10.2. The van der Waals surface area contributed by atoms with Crippen molar-refractivity contribution in [2.45, 2.75) is 5.92 Å². The van der Waals surface area contributed by atoms with Crippen molar-refractivity contribution < 1.29 is 0 Å². The number of anilines is 3. The van der Waals surface area contributed by atoms with Gasteiger partial charge >= 0.3 is 0 Å². The van der Waals surface area contributed by atoms with Gasteiger partial charge in [0.15, 0.2) is 0 Å². The zero-order valence-electron chi connectivity index (χ0n) is 28.8. The van der Waals surface area contributed by atoms with Gasteiger partial charge in [-0.05, 0) is 96.9 Å². The largest absolute Gasteiger partial charge is 0.311 e. The molecule has 1 heteroatoms. The second-order valence-corrected chi connectivity index (χ2v) is 13.4. The van der Waals surface area contributed by atoms with E-state index in [1.54, 1.807) is 0 Å². The zero-order chi connectivity index (χ0) is 34.7. The van der Waals surface area contributed by atoms with Crippen molar-refractivity contribution in [3.05, 3.63) is 235 Å². The van der Waals surface area contributed by atoms with E-state index in [2.05, 4.69) is 223 Å². The average Bonchev–Trinajstić information content (AvgIpc) is 3.23. The third kappa shape index (κ3) is 6.25. The lowest BCUT2D eigenvalue weighted by Crippen LogP contribution is -2.10. The summed E-state index contributed by atoms with van der Waals surface area (Å²) in [5.41, 5.74) is 12.0. The number of hydrogen-bond donors (Lipinski definition) is 0. The Morgan fingerprint density at radius 1 is 0.250 bits per heavy atom. The fraction of sp³-hybridized carbons (Fsp3) is 0.0196. The molecular formula is C51H37N. The Morgan fingerprint density at radius 2 is 0.577 bits per heavy atom. The van der Waals surface area contributed by atoms with Crippen LogP contribution in [0.3, 0.4) is 0 Å². The van der Waals surface area contributed by atoms with Gasteiger partial charge in [-0.15, -0.1) is 0 Å². The number of nitrogens with zero attached hydrogens (tertiary/aromatic N) is 1. The fourth-order valence-corrected chi connectivity index (χ4v) is 7.48. The maximum Gasteiger partial charge on any atom is 0.0462 e. The van der Waals surface area contributed by atoms with Gasteiger partial charge in [-0.25, -0.2) is 0 Å². The lowest BCUT2D eigenvalue weighted by atomic mass is 9.83. The van der Waals surface area contributed by atoms with E-state index >= 15 is 0 Å². The highest BCUT2D eigenvalue weighted by Crippen LogP contribution is 2.40. The minimum absolute atomic E-state index is 0.0759. The molecule has 9 aromatic carbocycles. The molecule has 0 N–H and O–H groups in total. The Morgan fingerprint density at radius 3 is 1.00 bits per heavy atom. The van der Waals surface area contributed by atoms with Gasteiger partial charge in [-0.1, -0.05) is 182 Å². The minimum atomic E-state index is 0.0759. The van der Waals surface area contributed by atoms with Crippen molar-refractivity contribution in [1.29, 1.82) is 0 Å². The maximum atomic E-state index is 2.36. The molecule has 0 unspecified atom stereocenters. The molecule has 0 saturated heterocycles. The quantitative estimate of drug-likeness (QED) is 0.146. The standard InChI is InChI=1S/C51H37N/c1-3-11-37(12-4-1)41-23-29-48(30-24-41)52(49-31-25-42(26-32-49)38-13-5-2-6-14-38)50-33-27-43(28-34-50)51(46-21-19-39-15-7-9-17-44(39)35-46)47-22-20-40-16-8-10-18-45(40)36-47/h1-36,51H. The van der Waals surface area contributed by atoms with Gasteiger partial charge in [-0.3, -0.25) is 0 Å². The molecule has 9 aromatic rings. The van der Waals surface area contributed by atoms with E-state index in [0.717, 1.165) is 17.1 Å². The first kappa shape index (κ1) is 31.3. The molecule has 0 bridgehead atoms. The van der Waals surface area contributed by atoms with Crippen molar-refractivity contribution in [2.75, 3.05) is 4.90 Å². The molecular weight excluding hydrogens is 627 g/mol. The number of hydrogen-bond acceptors (Lipinski definition) is 1. The fourth-order valence-electron chi connectivity index (χ4n) is 7.48. The highest BCUT2D eigenvalue weighted by atomic mass is 15.1. The van der Waals surface area contributed by atoms with Crippen LogP contribution in [0, 0.1) is 0 Å². The first-order valence-electron chi connectivity index (χ1n) is 18.0. The van der Waals surface area contributed by atoms with Crippen LogP contribution in [-0.2, 0) is 0 Å². The summed E-state index contributed by atoms with van der Waals surface area (Å²) in [4.78, 5) is 2.36. The van der Waals surface area contributed by atoms with E-state index in [4.69, 9.17) is 0 Å². The summed E-state index contributed by atoms with van der Waals surface area (Å²) in [5, 5.41) is 5.02. The lowest BCUT2D eigenvalue weighted by molar-refractivity contribution is 0.982. The summed E-state index contributed by atoms with van der Waals surface area (Å²) < 4.78 is 0. The van der Waals surface area contributed by atoms with Crippen molar-refractivity contribution in [3.63, 3.8) is 0 Å². The van der Waals surface area contributed by atoms with Gasteiger partial charge in [0, 0.05) is 23.0 Å². The Balaban J connectivity index is 1.13. The Labute approximate surface area is 305 Å². The number of fused-ring (bicyclic) bond motifs is 2. The van der Waals surface area contributed by atoms with E-state index < -0.39 is 0 Å². The van der Waals surface area contributed by atoms with Gasteiger partial charge in [0.2, 0.25) is 0 Å². The van der Waals surface area contributed by atoms with E-state index in [1.807, 2.05) is 0 Å². The Bertz CT molecular complexity index is 2430. The van der Waals surface area contributed by atoms with E-state index in [9.17, 15) is 0 Å². The third-order valence-electron chi connectivity index (χ3n) is 10.2. The van der Waals surface area contributed by atoms with Gasteiger partial charge in [0.1, 0.15) is 0 Å². The van der Waals surface area contributed by atoms with Crippen molar-refractivity contribution in [1.82, 2.24) is 0 Å². The van der Waals surface area contributed by atoms with Crippen LogP contribution in [-0.4, -0.2) is 0 Å². The van der Waals surface area contributed by atoms with Crippen LogP contribution < -0.4 is 4.90 Å². The van der Waals surface area contributed by atoms with Gasteiger partial charge < -0.3 is 4.90 Å². The topological polar surface area (TPSA) is 3.24 Å². The summed E-state index contributed by atoms with van der Waals surface area (Å²) >= 11 is 0. The first-order valence-corrected chi connectivity index (χ1v) is 18.0. The van der Waals surface area contributed by atoms with Crippen molar-refractivity contribution in [3.8, 4) is 22.3 Å². The number of rotatable bonds is 8. The molecule has 9 rings (SSSR count). The Kier molecular flexibility index (Phi) is 8.37. The predicted molar refractivity (Wildman–Crippen MR) is 221 cm³/mol. The maximum absolute atomic E-state index is 2.36. The highest BCUT2D eigenvalue weighted by Gasteiger charge is 2.20. The SMILES string of the molecule is c1ccc(-c2ccc(N(c3ccc(-c4ccccc4)cc3)c3ccc(C(c4ccc5ccccc5c4)c4ccc5ccccc5c4)cc3)cc2)cc1. The molecule has 0 aliphatic carbocycles. The summed E-state index contributed by atoms with van der Waals surface area (Å²) in [7, 11) is 0. The first-order chi connectivity index (χ1) is 25.8. The Hall–Kier alpha value is -6.70. The predicted octanol–water partition coefficient (Wildman–Crippen LogP) is 14.0. The van der Waals surface area contributed by atoms with Crippen LogP contribution in [0.5, 0.6) is 0 Å². The van der Waals surface area contributed by atoms with E-state index in [0.29, 0.717) is 0 Å². The van der Waals surface area contributed by atoms with E-state index in [1.165, 1.54) is 60.5 Å². The normalized spacial score (nSPS) is 11.2. The smallest absolute Gasteiger partial charge is 0.0462 e. The van der Waals surface area contributed by atoms with Crippen LogP contribution in [0.25, 0.3) is 43.8 Å². The van der Waals surface area contributed by atoms with Crippen LogP contribution in [0.1, 0.15) is 22.6 Å². The molecule has 0 amide bonds. The van der Waals surface area contributed by atoms with Crippen molar-refractivity contribution in [2.24, 2.45) is 0 Å². The van der Waals surface area contributed by atoms with Gasteiger partial charge in [0.25, 0.3) is 0 Å². The van der Waals surface area contributed by atoms with Crippen LogP contribution >= 0.6 is 0 Å². The second-order valence-electron chi connectivity index (χ2n) is 13.4. The van der Waals surface area contributed by atoms with Gasteiger partial charge in [0.05, 0.1) is 0 Å². The monoisotopic (exact) mass is 663 g/mol. The van der Waals surface area contributed by atoms with Crippen molar-refractivity contribution >= 4 is 38.6 Å². The second kappa shape index (κ2) is 13.9. The lowest BCUT2D eigenvalue weighted by Gasteiger charge is -2.27. The molecule has 0 radical (unpaired) electrons. The van der Waals surface area contributed by atoms with Crippen LogP contribution in [0.15, 0.2) is 218 Å². The molecule has 0 saturated carbocycles. The molecule has 0 aromatic heterocycles. The molecule has 0 aliphatic rings. The summed E-state index contributed by atoms with van der Waals surface area (Å²) in [6.45, 7) is 0.